The lowest BCUT2D eigenvalue weighted by molar-refractivity contribution is -0.128. The first-order chi connectivity index (χ1) is 11.1. The number of amides is 1. The predicted molar refractivity (Wildman–Crippen MR) is 91.6 cm³/mol. The van der Waals surface area contributed by atoms with Crippen molar-refractivity contribution in [3.05, 3.63) is 46.5 Å². The summed E-state index contributed by atoms with van der Waals surface area (Å²) in [6, 6.07) is 7.03. The third-order valence-corrected chi connectivity index (χ3v) is 5.03. The topological polar surface area (TPSA) is 37.4 Å². The van der Waals surface area contributed by atoms with Gasteiger partial charge in [-0.25, -0.2) is 0 Å². The van der Waals surface area contributed by atoms with Crippen molar-refractivity contribution in [1.29, 1.82) is 0 Å². The highest BCUT2D eigenvalue weighted by molar-refractivity contribution is 6.30. The maximum Gasteiger partial charge on any atom is 0.249 e. The molecule has 1 aliphatic heterocycles. The first-order valence-corrected chi connectivity index (χ1v) is 8.81. The zero-order valence-electron chi connectivity index (χ0n) is 13.3. The number of carbonyl (C=O) groups excluding carboxylic acids is 2. The molecule has 0 saturated carbocycles. The van der Waals surface area contributed by atoms with Crippen molar-refractivity contribution in [1.82, 2.24) is 4.90 Å². The molecule has 23 heavy (non-hydrogen) atoms. The molecular weight excluding hydrogens is 310 g/mol. The SMILES string of the molecule is O=C(c1ccc(Cl)cc1)C1CCCN(C(=O)C2=CCCCC2)C1. The van der Waals surface area contributed by atoms with Crippen LogP contribution in [-0.4, -0.2) is 29.7 Å². The van der Waals surface area contributed by atoms with E-state index in [0.717, 1.165) is 44.2 Å². The largest absolute Gasteiger partial charge is 0.338 e. The number of piperidine rings is 1. The number of rotatable bonds is 3. The molecule has 1 aromatic carbocycles. The highest BCUT2D eigenvalue weighted by Crippen LogP contribution is 2.25. The summed E-state index contributed by atoms with van der Waals surface area (Å²) in [7, 11) is 0. The second-order valence-corrected chi connectivity index (χ2v) is 6.87. The van der Waals surface area contributed by atoms with Crippen molar-refractivity contribution >= 4 is 23.3 Å². The molecule has 0 N–H and O–H groups in total. The molecule has 3 nitrogen and oxygen atoms in total. The summed E-state index contributed by atoms with van der Waals surface area (Å²) in [4.78, 5) is 27.2. The number of hydrogen-bond acceptors (Lipinski definition) is 2. The Morgan fingerprint density at radius 2 is 1.87 bits per heavy atom. The Bertz CT molecular complexity index is 621. The minimum atomic E-state index is -0.0990. The van der Waals surface area contributed by atoms with Crippen molar-refractivity contribution in [2.24, 2.45) is 5.92 Å². The fraction of sp³-hybridized carbons (Fsp3) is 0.474. The quantitative estimate of drug-likeness (QED) is 0.776. The van der Waals surface area contributed by atoms with Gasteiger partial charge in [0, 0.05) is 35.2 Å². The smallest absolute Gasteiger partial charge is 0.249 e. The molecule has 1 saturated heterocycles. The summed E-state index contributed by atoms with van der Waals surface area (Å²) in [6.07, 6.45) is 7.98. The first-order valence-electron chi connectivity index (χ1n) is 8.43. The van der Waals surface area contributed by atoms with Gasteiger partial charge in [-0.1, -0.05) is 17.7 Å². The molecule has 122 valence electrons. The minimum absolute atomic E-state index is 0.0990. The monoisotopic (exact) mass is 331 g/mol. The summed E-state index contributed by atoms with van der Waals surface area (Å²) in [5.41, 5.74) is 1.63. The Labute approximate surface area is 142 Å². The van der Waals surface area contributed by atoms with Crippen LogP contribution in [-0.2, 0) is 4.79 Å². The lowest BCUT2D eigenvalue weighted by Gasteiger charge is -2.33. The summed E-state index contributed by atoms with van der Waals surface area (Å²) in [5.74, 6) is 0.160. The third kappa shape index (κ3) is 3.84. The molecule has 1 aliphatic carbocycles. The standard InChI is InChI=1S/C19H22ClNO2/c20-17-10-8-14(9-11-17)18(22)16-7-4-12-21(13-16)19(23)15-5-2-1-3-6-15/h5,8-11,16H,1-4,6-7,12-13H2. The van der Waals surface area contributed by atoms with E-state index in [2.05, 4.69) is 6.08 Å². The van der Waals surface area contributed by atoms with E-state index < -0.39 is 0 Å². The van der Waals surface area contributed by atoms with Crippen LogP contribution < -0.4 is 0 Å². The maximum atomic E-state index is 12.7. The second kappa shape index (κ2) is 7.31. The zero-order chi connectivity index (χ0) is 16.2. The molecule has 1 amide bonds. The molecule has 3 rings (SSSR count). The fourth-order valence-corrected chi connectivity index (χ4v) is 3.59. The number of allylic oxidation sites excluding steroid dienone is 1. The van der Waals surface area contributed by atoms with Crippen LogP contribution in [0.5, 0.6) is 0 Å². The molecule has 1 unspecified atom stereocenters. The Morgan fingerprint density at radius 3 is 2.57 bits per heavy atom. The number of ketones is 1. The molecule has 1 heterocycles. The van der Waals surface area contributed by atoms with Gasteiger partial charge < -0.3 is 4.90 Å². The highest BCUT2D eigenvalue weighted by atomic mass is 35.5. The number of Topliss-reactive ketones (excluding diaryl/α,β-unsaturated/α-hetero) is 1. The van der Waals surface area contributed by atoms with E-state index in [1.54, 1.807) is 24.3 Å². The van der Waals surface area contributed by atoms with Gasteiger partial charge in [-0.05, 0) is 62.8 Å². The van der Waals surface area contributed by atoms with Gasteiger partial charge in [0.05, 0.1) is 0 Å². The van der Waals surface area contributed by atoms with E-state index in [1.807, 2.05) is 4.90 Å². The van der Waals surface area contributed by atoms with E-state index in [1.165, 1.54) is 6.42 Å². The molecule has 4 heteroatoms. The van der Waals surface area contributed by atoms with Gasteiger partial charge in [0.25, 0.3) is 0 Å². The maximum absolute atomic E-state index is 12.7. The summed E-state index contributed by atoms with van der Waals surface area (Å²) >= 11 is 5.88. The second-order valence-electron chi connectivity index (χ2n) is 6.44. The Balaban J connectivity index is 1.68. The van der Waals surface area contributed by atoms with Gasteiger partial charge in [-0.15, -0.1) is 0 Å². The van der Waals surface area contributed by atoms with Crippen molar-refractivity contribution in [2.45, 2.75) is 38.5 Å². The van der Waals surface area contributed by atoms with Crippen LogP contribution in [0, 0.1) is 5.92 Å². The van der Waals surface area contributed by atoms with E-state index in [0.29, 0.717) is 17.1 Å². The van der Waals surface area contributed by atoms with Crippen LogP contribution in [0.1, 0.15) is 48.9 Å². The fourth-order valence-electron chi connectivity index (χ4n) is 3.46. The number of carbonyl (C=O) groups is 2. The van der Waals surface area contributed by atoms with Crippen molar-refractivity contribution in [3.63, 3.8) is 0 Å². The van der Waals surface area contributed by atoms with Crippen LogP contribution in [0.15, 0.2) is 35.9 Å². The first kappa shape index (κ1) is 16.3. The van der Waals surface area contributed by atoms with Crippen LogP contribution >= 0.6 is 11.6 Å². The van der Waals surface area contributed by atoms with Crippen LogP contribution in [0.25, 0.3) is 0 Å². The van der Waals surface area contributed by atoms with E-state index in [-0.39, 0.29) is 17.6 Å². The number of nitrogens with zero attached hydrogens (tertiary/aromatic N) is 1. The molecule has 2 aliphatic rings. The van der Waals surface area contributed by atoms with E-state index >= 15 is 0 Å². The molecule has 1 atom stereocenters. The van der Waals surface area contributed by atoms with Crippen molar-refractivity contribution in [3.8, 4) is 0 Å². The molecular formula is C19H22ClNO2. The molecule has 0 bridgehead atoms. The van der Waals surface area contributed by atoms with Gasteiger partial charge in [-0.3, -0.25) is 9.59 Å². The minimum Gasteiger partial charge on any atom is -0.338 e. The summed E-state index contributed by atoms with van der Waals surface area (Å²) in [5, 5.41) is 0.631. The van der Waals surface area contributed by atoms with Gasteiger partial charge >= 0.3 is 0 Å². The Hall–Kier alpha value is -1.61. The van der Waals surface area contributed by atoms with Gasteiger partial charge in [0.15, 0.2) is 5.78 Å². The average molecular weight is 332 g/mol. The third-order valence-electron chi connectivity index (χ3n) is 4.77. The van der Waals surface area contributed by atoms with Gasteiger partial charge in [-0.2, -0.15) is 0 Å². The van der Waals surface area contributed by atoms with Gasteiger partial charge in [0.2, 0.25) is 5.91 Å². The number of benzene rings is 1. The van der Waals surface area contributed by atoms with Crippen molar-refractivity contribution in [2.75, 3.05) is 13.1 Å². The predicted octanol–water partition coefficient (Wildman–Crippen LogP) is 4.26. The molecule has 0 aromatic heterocycles. The molecule has 0 radical (unpaired) electrons. The number of halogens is 1. The van der Waals surface area contributed by atoms with E-state index in [4.69, 9.17) is 11.6 Å². The lowest BCUT2D eigenvalue weighted by Crippen LogP contribution is -2.43. The van der Waals surface area contributed by atoms with Crippen LogP contribution in [0.4, 0.5) is 0 Å². The normalized spacial score (nSPS) is 21.7. The highest BCUT2D eigenvalue weighted by Gasteiger charge is 2.30. The Kier molecular flexibility index (Phi) is 5.16. The molecule has 0 spiro atoms. The molecule has 1 fully saturated rings. The van der Waals surface area contributed by atoms with E-state index in [9.17, 15) is 9.59 Å². The Morgan fingerprint density at radius 1 is 1.09 bits per heavy atom. The summed E-state index contributed by atoms with van der Waals surface area (Å²) < 4.78 is 0. The average Bonchev–Trinajstić information content (AvgIpc) is 2.62. The number of likely N-dealkylation sites (tertiary alicyclic amines) is 1. The van der Waals surface area contributed by atoms with Crippen molar-refractivity contribution < 1.29 is 9.59 Å². The van der Waals surface area contributed by atoms with Crippen LogP contribution in [0.2, 0.25) is 5.02 Å². The number of hydrogen-bond donors (Lipinski definition) is 0. The zero-order valence-corrected chi connectivity index (χ0v) is 14.0. The molecule has 1 aromatic rings. The van der Waals surface area contributed by atoms with Crippen LogP contribution in [0.3, 0.4) is 0 Å². The lowest BCUT2D eigenvalue weighted by atomic mass is 9.89. The summed E-state index contributed by atoms with van der Waals surface area (Å²) in [6.45, 7) is 1.30. The van der Waals surface area contributed by atoms with Gasteiger partial charge in [0.1, 0.15) is 0 Å².